The molecule has 2 unspecified atom stereocenters. The van der Waals surface area contributed by atoms with Crippen molar-refractivity contribution in [2.45, 2.75) is 18.5 Å². The molecule has 8 heteroatoms. The molecule has 0 radical (unpaired) electrons. The van der Waals surface area contributed by atoms with Crippen LogP contribution in [0.15, 0.2) is 48.7 Å². The van der Waals surface area contributed by atoms with Gasteiger partial charge in [0.15, 0.2) is 0 Å². The molecule has 4 rings (SSSR count). The van der Waals surface area contributed by atoms with Crippen LogP contribution in [0.3, 0.4) is 0 Å². The number of anilines is 1. The Morgan fingerprint density at radius 3 is 2.87 bits per heavy atom. The minimum absolute atomic E-state index is 0.0638. The van der Waals surface area contributed by atoms with Crippen LogP contribution in [0.1, 0.15) is 28.4 Å². The Kier molecular flexibility index (Phi) is 6.13. The van der Waals surface area contributed by atoms with Gasteiger partial charge in [0.05, 0.1) is 30.3 Å². The van der Waals surface area contributed by atoms with Gasteiger partial charge in [-0.3, -0.25) is 4.79 Å². The number of nitrogens with zero attached hydrogens (tertiary/aromatic N) is 1. The van der Waals surface area contributed by atoms with Gasteiger partial charge < -0.3 is 20.5 Å². The highest BCUT2D eigenvalue weighted by Crippen LogP contribution is 2.23. The van der Waals surface area contributed by atoms with E-state index < -0.39 is 11.9 Å². The average molecular weight is 430 g/mol. The summed E-state index contributed by atoms with van der Waals surface area (Å²) in [6, 6.07) is 10.8. The van der Waals surface area contributed by atoms with Crippen molar-refractivity contribution in [3.8, 4) is 0 Å². The summed E-state index contributed by atoms with van der Waals surface area (Å²) in [6.45, 7) is 1.04. The van der Waals surface area contributed by atoms with Crippen LogP contribution >= 0.6 is 11.6 Å². The van der Waals surface area contributed by atoms with Crippen LogP contribution in [-0.4, -0.2) is 41.9 Å². The summed E-state index contributed by atoms with van der Waals surface area (Å²) in [4.78, 5) is 17.2. The number of hydrogen-bond donors (Lipinski definition) is 3. The smallest absolute Gasteiger partial charge is 0.251 e. The Morgan fingerprint density at radius 1 is 1.27 bits per heavy atom. The summed E-state index contributed by atoms with van der Waals surface area (Å²) in [7, 11) is 0. The molecule has 0 saturated carbocycles. The van der Waals surface area contributed by atoms with E-state index in [1.54, 1.807) is 18.3 Å². The topological polar surface area (TPSA) is 83.5 Å². The maximum absolute atomic E-state index is 13.4. The Balaban J connectivity index is 1.53. The van der Waals surface area contributed by atoms with E-state index in [1.165, 1.54) is 18.2 Å². The zero-order valence-corrected chi connectivity index (χ0v) is 16.8. The molecule has 3 aromatic rings. The molecule has 0 spiro atoms. The molecule has 1 aliphatic rings. The van der Waals surface area contributed by atoms with Gasteiger partial charge in [-0.25, -0.2) is 9.37 Å². The number of pyridine rings is 1. The summed E-state index contributed by atoms with van der Waals surface area (Å²) >= 11 is 5.82. The fourth-order valence-electron chi connectivity index (χ4n) is 3.42. The largest absolute Gasteiger partial charge is 0.394 e. The van der Waals surface area contributed by atoms with Crippen LogP contribution in [0, 0.1) is 5.82 Å². The first-order valence-electron chi connectivity index (χ1n) is 9.64. The quantitative estimate of drug-likeness (QED) is 0.556. The van der Waals surface area contributed by atoms with Gasteiger partial charge in [0.2, 0.25) is 0 Å². The van der Waals surface area contributed by atoms with E-state index in [0.29, 0.717) is 17.7 Å². The first-order valence-corrected chi connectivity index (χ1v) is 10.0. The van der Waals surface area contributed by atoms with Gasteiger partial charge in [-0.15, -0.1) is 0 Å². The number of carbonyl (C=O) groups excluding carboxylic acids is 1. The molecule has 1 aliphatic heterocycles. The number of amides is 1. The number of aromatic nitrogens is 1. The number of fused-ring (bicyclic) bond motifs is 1. The van der Waals surface area contributed by atoms with E-state index in [2.05, 4.69) is 15.6 Å². The minimum Gasteiger partial charge on any atom is -0.394 e. The van der Waals surface area contributed by atoms with Gasteiger partial charge in [0, 0.05) is 23.8 Å². The van der Waals surface area contributed by atoms with Gasteiger partial charge in [-0.2, -0.15) is 0 Å². The van der Waals surface area contributed by atoms with Crippen LogP contribution in [0.2, 0.25) is 5.02 Å². The molecular weight excluding hydrogens is 409 g/mol. The third kappa shape index (κ3) is 4.53. The second-order valence-electron chi connectivity index (χ2n) is 7.22. The van der Waals surface area contributed by atoms with E-state index in [-0.39, 0.29) is 23.6 Å². The fourth-order valence-corrected chi connectivity index (χ4v) is 3.61. The highest BCUT2D eigenvalue weighted by molar-refractivity contribution is 6.30. The van der Waals surface area contributed by atoms with Crippen molar-refractivity contribution >= 4 is 34.1 Å². The summed E-state index contributed by atoms with van der Waals surface area (Å²) in [5.41, 5.74) is 0.961. The number of halogens is 2. The van der Waals surface area contributed by atoms with E-state index in [9.17, 15) is 14.3 Å². The average Bonchev–Trinajstić information content (AvgIpc) is 3.26. The number of aliphatic hydroxyl groups is 1. The number of hydrogen-bond acceptors (Lipinski definition) is 5. The lowest BCUT2D eigenvalue weighted by atomic mass is 10.1. The van der Waals surface area contributed by atoms with Gasteiger partial charge >= 0.3 is 0 Å². The van der Waals surface area contributed by atoms with Crippen molar-refractivity contribution in [2.24, 2.45) is 0 Å². The van der Waals surface area contributed by atoms with Gasteiger partial charge in [0.1, 0.15) is 11.6 Å². The number of ether oxygens (including phenoxy) is 1. The third-order valence-electron chi connectivity index (χ3n) is 5.10. The van der Waals surface area contributed by atoms with Crippen LogP contribution in [-0.2, 0) is 4.74 Å². The number of nitrogens with one attached hydrogen (secondary N) is 2. The molecule has 3 N–H and O–H groups in total. The lowest BCUT2D eigenvalue weighted by molar-refractivity contribution is 0.0916. The zero-order chi connectivity index (χ0) is 21.1. The van der Waals surface area contributed by atoms with Crippen molar-refractivity contribution < 1.29 is 19.0 Å². The van der Waals surface area contributed by atoms with Crippen molar-refractivity contribution in [2.75, 3.05) is 25.1 Å². The zero-order valence-electron chi connectivity index (χ0n) is 16.1. The predicted molar refractivity (Wildman–Crippen MR) is 113 cm³/mol. The van der Waals surface area contributed by atoms with Crippen molar-refractivity contribution in [3.05, 3.63) is 70.6 Å². The Labute approximate surface area is 178 Å². The molecule has 0 bridgehead atoms. The molecule has 2 atom stereocenters. The maximum atomic E-state index is 13.4. The van der Waals surface area contributed by atoms with E-state index >= 15 is 0 Å². The Bertz CT molecular complexity index is 1070. The molecule has 1 fully saturated rings. The molecular formula is C22H21ClFN3O3. The summed E-state index contributed by atoms with van der Waals surface area (Å²) in [5, 5.41) is 17.5. The van der Waals surface area contributed by atoms with Gasteiger partial charge in [-0.1, -0.05) is 23.7 Å². The summed E-state index contributed by atoms with van der Waals surface area (Å²) in [5.74, 6) is -0.184. The molecule has 2 heterocycles. The third-order valence-corrected chi connectivity index (χ3v) is 5.39. The minimum atomic E-state index is -0.705. The maximum Gasteiger partial charge on any atom is 0.251 e. The van der Waals surface area contributed by atoms with Crippen LogP contribution in [0.4, 0.5) is 10.2 Å². The summed E-state index contributed by atoms with van der Waals surface area (Å²) in [6.07, 6.45) is 2.68. The number of carbonyl (C=O) groups is 1. The van der Waals surface area contributed by atoms with Crippen LogP contribution < -0.4 is 10.6 Å². The monoisotopic (exact) mass is 429 g/mol. The van der Waals surface area contributed by atoms with Gasteiger partial charge in [0.25, 0.3) is 5.91 Å². The SMILES string of the molecule is O=C(NC(CO)c1ccc(F)c(Cl)c1)c1ccc2cnc(NC3CCOC3)cc2c1. The molecule has 1 aromatic heterocycles. The standard InChI is InChI=1S/C22H21ClFN3O3/c23-18-8-13(3-4-19(18)24)20(11-28)27-22(29)14-1-2-15-10-25-21(9-16(15)7-14)26-17-5-6-30-12-17/h1-4,7-10,17,20,28H,5-6,11-12H2,(H,25,26)(H,27,29). The molecule has 2 aromatic carbocycles. The lowest BCUT2D eigenvalue weighted by Crippen LogP contribution is -2.30. The van der Waals surface area contributed by atoms with Crippen molar-refractivity contribution in [1.29, 1.82) is 0 Å². The van der Waals surface area contributed by atoms with Crippen molar-refractivity contribution in [3.63, 3.8) is 0 Å². The van der Waals surface area contributed by atoms with E-state index in [1.807, 2.05) is 12.1 Å². The first-order chi connectivity index (χ1) is 14.5. The fraction of sp³-hybridized carbons (Fsp3) is 0.273. The van der Waals surface area contributed by atoms with Crippen molar-refractivity contribution in [1.82, 2.24) is 10.3 Å². The second-order valence-corrected chi connectivity index (χ2v) is 7.63. The summed E-state index contributed by atoms with van der Waals surface area (Å²) < 4.78 is 18.8. The van der Waals surface area contributed by atoms with Crippen LogP contribution in [0.5, 0.6) is 0 Å². The van der Waals surface area contributed by atoms with Crippen LogP contribution in [0.25, 0.3) is 10.8 Å². The Hall–Kier alpha value is -2.74. The lowest BCUT2D eigenvalue weighted by Gasteiger charge is -2.17. The molecule has 1 amide bonds. The molecule has 0 aliphatic carbocycles. The molecule has 156 valence electrons. The molecule has 6 nitrogen and oxygen atoms in total. The molecule has 30 heavy (non-hydrogen) atoms. The first kappa shape index (κ1) is 20.5. The van der Waals surface area contributed by atoms with E-state index in [4.69, 9.17) is 16.3 Å². The number of benzene rings is 2. The Morgan fingerprint density at radius 2 is 2.13 bits per heavy atom. The normalized spacial score (nSPS) is 17.1. The number of aliphatic hydroxyl groups excluding tert-OH is 1. The highest BCUT2D eigenvalue weighted by atomic mass is 35.5. The molecule has 1 saturated heterocycles. The van der Waals surface area contributed by atoms with Gasteiger partial charge in [-0.05, 0) is 47.7 Å². The highest BCUT2D eigenvalue weighted by Gasteiger charge is 2.18. The van der Waals surface area contributed by atoms with E-state index in [0.717, 1.165) is 29.6 Å². The second kappa shape index (κ2) is 8.95. The predicted octanol–water partition coefficient (Wildman–Crippen LogP) is 3.69. The number of rotatable bonds is 6.